The first-order valence-corrected chi connectivity index (χ1v) is 14.1. The molecule has 0 N–H and O–H groups in total. The van der Waals surface area contributed by atoms with Crippen LogP contribution in [-0.4, -0.2) is 11.9 Å². The fraction of sp³-hybridized carbons (Fsp3) is 0.500. The summed E-state index contributed by atoms with van der Waals surface area (Å²) in [6.07, 6.45) is 15.7. The van der Waals surface area contributed by atoms with Crippen molar-refractivity contribution in [2.45, 2.75) is 104 Å². The minimum Gasteiger partial charge on any atom is -0.289 e. The van der Waals surface area contributed by atoms with Gasteiger partial charge in [-0.1, -0.05) is 119 Å². The van der Waals surface area contributed by atoms with E-state index in [2.05, 4.69) is 6.92 Å². The van der Waals surface area contributed by atoms with Gasteiger partial charge in [0.1, 0.15) is 0 Å². The summed E-state index contributed by atoms with van der Waals surface area (Å²) >= 11 is 0. The van der Waals surface area contributed by atoms with Gasteiger partial charge in [-0.2, -0.15) is 0 Å². The number of hydrogen-bond acceptors (Lipinski definition) is 6. The molecule has 0 spiro atoms. The number of aryl methyl sites for hydroxylation is 2. The van der Waals surface area contributed by atoms with Gasteiger partial charge in [-0.05, 0) is 44.5 Å². The van der Waals surface area contributed by atoms with Crippen molar-refractivity contribution < 1.29 is 29.1 Å². The number of unbranched alkanes of at least 4 members (excludes halogenated alkanes) is 12. The van der Waals surface area contributed by atoms with Crippen LogP contribution in [0.2, 0.25) is 0 Å². The van der Waals surface area contributed by atoms with Crippen molar-refractivity contribution in [3.05, 3.63) is 84.0 Å². The Kier molecular flexibility index (Phi) is 16.1. The van der Waals surface area contributed by atoms with Crippen LogP contribution >= 0.6 is 0 Å². The molecule has 0 fully saturated rings. The second kappa shape index (κ2) is 19.4. The molecule has 2 rings (SSSR count). The predicted octanol–water partition coefficient (Wildman–Crippen LogP) is 8.97. The molecule has 2 aromatic rings. The van der Waals surface area contributed by atoms with Crippen LogP contribution < -0.4 is 0 Å². The second-order valence-electron chi connectivity index (χ2n) is 9.87. The van der Waals surface area contributed by atoms with Gasteiger partial charge in [0.15, 0.2) is 0 Å². The van der Waals surface area contributed by atoms with E-state index in [9.17, 15) is 9.59 Å². The van der Waals surface area contributed by atoms with Gasteiger partial charge in [0.25, 0.3) is 0 Å². The van der Waals surface area contributed by atoms with E-state index in [4.69, 9.17) is 19.6 Å². The first-order valence-electron chi connectivity index (χ1n) is 14.1. The number of rotatable bonds is 20. The summed E-state index contributed by atoms with van der Waals surface area (Å²) in [4.78, 5) is 45.0. The van der Waals surface area contributed by atoms with E-state index < -0.39 is 11.9 Å². The lowest BCUT2D eigenvalue weighted by molar-refractivity contribution is -0.363. The molecule has 0 aliphatic heterocycles. The molecule has 2 aromatic carbocycles. The van der Waals surface area contributed by atoms with Gasteiger partial charge in [0.05, 0.1) is 11.1 Å². The highest BCUT2D eigenvalue weighted by atomic mass is 17.3. The lowest BCUT2D eigenvalue weighted by Gasteiger charge is -2.14. The van der Waals surface area contributed by atoms with Crippen LogP contribution in [0.4, 0.5) is 0 Å². The van der Waals surface area contributed by atoms with Crippen LogP contribution in [0.3, 0.4) is 0 Å². The molecule has 6 heteroatoms. The lowest BCUT2D eigenvalue weighted by Crippen LogP contribution is -2.16. The van der Waals surface area contributed by atoms with Gasteiger partial charge in [-0.3, -0.25) is 9.78 Å². The third-order valence-corrected chi connectivity index (χ3v) is 6.31. The molecule has 6 nitrogen and oxygen atoms in total. The van der Waals surface area contributed by atoms with Crippen LogP contribution in [0.25, 0.3) is 0 Å². The molecule has 0 amide bonds. The summed E-state index contributed by atoms with van der Waals surface area (Å²) in [5, 5.41) is 0. The quantitative estimate of drug-likeness (QED) is 0.0978. The molecule has 0 aliphatic rings. The van der Waals surface area contributed by atoms with Crippen molar-refractivity contribution >= 4 is 11.9 Å². The Balaban J connectivity index is 1.70. The molecule has 0 heterocycles. The lowest BCUT2D eigenvalue weighted by atomic mass is 10.0. The summed E-state index contributed by atoms with van der Waals surface area (Å²) in [7, 11) is 0. The zero-order valence-corrected chi connectivity index (χ0v) is 23.2. The van der Waals surface area contributed by atoms with Crippen molar-refractivity contribution in [3.63, 3.8) is 0 Å². The molecule has 0 aromatic heterocycles. The highest BCUT2D eigenvalue weighted by Gasteiger charge is 2.21. The van der Waals surface area contributed by atoms with E-state index in [0.717, 1.165) is 36.8 Å². The van der Waals surface area contributed by atoms with E-state index in [1.807, 2.05) is 26.0 Å². The highest BCUT2D eigenvalue weighted by molar-refractivity contribution is 5.89. The molecule has 2 radical (unpaired) electrons. The maximum Gasteiger partial charge on any atom is 0.373 e. The van der Waals surface area contributed by atoms with Gasteiger partial charge >= 0.3 is 18.2 Å². The SMILES string of the molecule is [CH2]CCCCCCCCCCCCCC[C](OOC(=O)c1cccc(C)c1)OOC(=O)c1cccc(C)c1. The normalized spacial score (nSPS) is 11.1. The summed E-state index contributed by atoms with van der Waals surface area (Å²) < 4.78 is 0. The third kappa shape index (κ3) is 13.7. The summed E-state index contributed by atoms with van der Waals surface area (Å²) in [6, 6.07) is 14.0. The van der Waals surface area contributed by atoms with Gasteiger partial charge in [-0.25, -0.2) is 9.59 Å². The third-order valence-electron chi connectivity index (χ3n) is 6.31. The van der Waals surface area contributed by atoms with E-state index in [1.54, 1.807) is 36.4 Å². The first-order chi connectivity index (χ1) is 18.5. The topological polar surface area (TPSA) is 71.1 Å². The average molecular weight is 525 g/mol. The molecule has 0 saturated carbocycles. The van der Waals surface area contributed by atoms with E-state index in [1.165, 1.54) is 57.8 Å². The molecule has 38 heavy (non-hydrogen) atoms. The molecule has 0 atom stereocenters. The summed E-state index contributed by atoms with van der Waals surface area (Å²) in [5.74, 6) is -1.30. The summed E-state index contributed by atoms with van der Waals surface area (Å²) in [6.45, 7) is 7.66. The standard InChI is InChI=1S/C32H44O6/c1-4-5-6-7-8-9-10-11-12-13-14-15-16-23-30(35-37-31(33)28-21-17-19-26(2)24-28)36-38-32(34)29-22-18-20-27(3)25-29/h17-22,24-25H,1,4-16,23H2,2-3H3. The molecular weight excluding hydrogens is 480 g/mol. The van der Waals surface area contributed by atoms with Crippen molar-refractivity contribution in [2.75, 3.05) is 0 Å². The largest absolute Gasteiger partial charge is 0.373 e. The fourth-order valence-electron chi connectivity index (χ4n) is 4.12. The Bertz CT molecular complexity index is 880. The Morgan fingerprint density at radius 1 is 0.579 bits per heavy atom. The van der Waals surface area contributed by atoms with Crippen LogP contribution in [0.5, 0.6) is 0 Å². The van der Waals surface area contributed by atoms with Crippen LogP contribution in [0.1, 0.15) is 122 Å². The molecular formula is C32H44O6. The van der Waals surface area contributed by atoms with Gasteiger partial charge < -0.3 is 0 Å². The minimum absolute atomic E-state index is 0.0640. The summed E-state index contributed by atoms with van der Waals surface area (Å²) in [5.41, 5.74) is 2.58. The maximum absolute atomic E-state index is 12.4. The zero-order chi connectivity index (χ0) is 27.4. The van der Waals surface area contributed by atoms with Crippen LogP contribution in [0, 0.1) is 27.1 Å². The van der Waals surface area contributed by atoms with Crippen molar-refractivity contribution in [1.29, 1.82) is 0 Å². The minimum atomic E-state index is -0.651. The number of carbonyl (C=O) groups excluding carboxylic acids is 2. The molecule has 0 bridgehead atoms. The predicted molar refractivity (Wildman–Crippen MR) is 149 cm³/mol. The number of hydrogen-bond donors (Lipinski definition) is 0. The van der Waals surface area contributed by atoms with E-state index >= 15 is 0 Å². The Labute approximate surface area is 228 Å². The Hall–Kier alpha value is -2.70. The molecule has 0 saturated heterocycles. The van der Waals surface area contributed by atoms with E-state index in [-0.39, 0.29) is 6.29 Å². The van der Waals surface area contributed by atoms with Crippen LogP contribution in [-0.2, 0) is 19.6 Å². The second-order valence-corrected chi connectivity index (χ2v) is 9.87. The Morgan fingerprint density at radius 2 is 0.974 bits per heavy atom. The molecule has 0 aliphatic carbocycles. The van der Waals surface area contributed by atoms with Crippen molar-refractivity contribution in [1.82, 2.24) is 0 Å². The van der Waals surface area contributed by atoms with Gasteiger partial charge in [-0.15, -0.1) is 9.78 Å². The van der Waals surface area contributed by atoms with Crippen molar-refractivity contribution in [3.8, 4) is 0 Å². The molecule has 208 valence electrons. The van der Waals surface area contributed by atoms with Crippen LogP contribution in [0.15, 0.2) is 48.5 Å². The average Bonchev–Trinajstić information content (AvgIpc) is 2.92. The Morgan fingerprint density at radius 3 is 1.37 bits per heavy atom. The van der Waals surface area contributed by atoms with Gasteiger partial charge in [0, 0.05) is 6.42 Å². The smallest absolute Gasteiger partial charge is 0.289 e. The van der Waals surface area contributed by atoms with E-state index in [0.29, 0.717) is 17.5 Å². The maximum atomic E-state index is 12.4. The monoisotopic (exact) mass is 524 g/mol. The number of carbonyl (C=O) groups is 2. The fourth-order valence-corrected chi connectivity index (χ4v) is 4.12. The highest BCUT2D eigenvalue weighted by Crippen LogP contribution is 2.20. The van der Waals surface area contributed by atoms with Crippen molar-refractivity contribution in [2.24, 2.45) is 0 Å². The molecule has 0 unspecified atom stereocenters. The van der Waals surface area contributed by atoms with Gasteiger partial charge in [0.2, 0.25) is 0 Å². The number of benzene rings is 2. The zero-order valence-electron chi connectivity index (χ0n) is 23.2. The first kappa shape index (κ1) is 31.5.